The Morgan fingerprint density at radius 1 is 1.23 bits per heavy atom. The van der Waals surface area contributed by atoms with E-state index in [-0.39, 0.29) is 30.3 Å². The van der Waals surface area contributed by atoms with Crippen molar-refractivity contribution in [3.8, 4) is 0 Å². The van der Waals surface area contributed by atoms with Crippen molar-refractivity contribution in [2.24, 2.45) is 0 Å². The summed E-state index contributed by atoms with van der Waals surface area (Å²) in [5.41, 5.74) is 1.11. The van der Waals surface area contributed by atoms with Crippen molar-refractivity contribution in [2.45, 2.75) is 20.0 Å². The molecule has 0 spiro atoms. The van der Waals surface area contributed by atoms with Crippen molar-refractivity contribution in [1.29, 1.82) is 0 Å². The molecule has 0 saturated heterocycles. The zero-order valence-electron chi connectivity index (χ0n) is 12.1. The standard InChI is InChI=1S/C14H15F3N4O/c1-8-3-4-11-10(7-8)12(19-6-5-18-9(2)22)21-13(20-11)14(15,16)17/h3-4,7H,5-6H2,1-2H3,(H,18,22)(H,19,20,21). The minimum Gasteiger partial charge on any atom is -0.368 e. The molecule has 8 heteroatoms. The van der Waals surface area contributed by atoms with Gasteiger partial charge in [-0.25, -0.2) is 9.97 Å². The second-order valence-corrected chi connectivity index (χ2v) is 4.82. The molecule has 0 aliphatic rings. The number of amides is 1. The van der Waals surface area contributed by atoms with Crippen LogP contribution in [0.15, 0.2) is 18.2 Å². The van der Waals surface area contributed by atoms with E-state index in [0.717, 1.165) is 5.56 Å². The first-order chi connectivity index (χ1) is 10.3. The van der Waals surface area contributed by atoms with Gasteiger partial charge in [-0.1, -0.05) is 11.6 Å². The Balaban J connectivity index is 2.35. The zero-order valence-corrected chi connectivity index (χ0v) is 12.1. The molecule has 0 radical (unpaired) electrons. The summed E-state index contributed by atoms with van der Waals surface area (Å²) in [7, 11) is 0. The van der Waals surface area contributed by atoms with E-state index in [4.69, 9.17) is 0 Å². The van der Waals surface area contributed by atoms with E-state index >= 15 is 0 Å². The number of aryl methyl sites for hydroxylation is 1. The van der Waals surface area contributed by atoms with E-state index in [2.05, 4.69) is 20.6 Å². The highest BCUT2D eigenvalue weighted by Gasteiger charge is 2.35. The molecule has 0 saturated carbocycles. The van der Waals surface area contributed by atoms with Crippen LogP contribution in [0.5, 0.6) is 0 Å². The summed E-state index contributed by atoms with van der Waals surface area (Å²) < 4.78 is 38.6. The summed E-state index contributed by atoms with van der Waals surface area (Å²) in [4.78, 5) is 17.9. The molecule has 5 nitrogen and oxygen atoms in total. The molecular weight excluding hydrogens is 297 g/mol. The Morgan fingerprint density at radius 2 is 1.95 bits per heavy atom. The van der Waals surface area contributed by atoms with Gasteiger partial charge < -0.3 is 10.6 Å². The van der Waals surface area contributed by atoms with Crippen LogP contribution in [-0.2, 0) is 11.0 Å². The number of alkyl halides is 3. The maximum Gasteiger partial charge on any atom is 0.451 e. The summed E-state index contributed by atoms with van der Waals surface area (Å²) in [5, 5.41) is 5.88. The number of benzene rings is 1. The first-order valence-corrected chi connectivity index (χ1v) is 6.61. The molecule has 0 fully saturated rings. The van der Waals surface area contributed by atoms with E-state index < -0.39 is 12.0 Å². The normalized spacial score (nSPS) is 11.5. The number of hydrogen-bond donors (Lipinski definition) is 2. The predicted octanol–water partition coefficient (Wildman–Crippen LogP) is 2.51. The highest BCUT2D eigenvalue weighted by Crippen LogP contribution is 2.30. The minimum atomic E-state index is -4.62. The third-order valence-electron chi connectivity index (χ3n) is 2.90. The van der Waals surface area contributed by atoms with E-state index in [0.29, 0.717) is 5.39 Å². The molecule has 1 amide bonds. The summed E-state index contributed by atoms with van der Waals surface area (Å²) in [5.74, 6) is -1.29. The fourth-order valence-corrected chi connectivity index (χ4v) is 1.92. The molecule has 2 aromatic rings. The zero-order chi connectivity index (χ0) is 16.3. The Labute approximate surface area is 124 Å². The molecule has 0 aliphatic carbocycles. The van der Waals surface area contributed by atoms with Crippen LogP contribution in [0.1, 0.15) is 18.3 Å². The largest absolute Gasteiger partial charge is 0.451 e. The van der Waals surface area contributed by atoms with Crippen LogP contribution in [0.25, 0.3) is 10.9 Å². The van der Waals surface area contributed by atoms with Gasteiger partial charge in [0.05, 0.1) is 5.52 Å². The van der Waals surface area contributed by atoms with Gasteiger partial charge in [-0.3, -0.25) is 4.79 Å². The molecule has 1 aromatic heterocycles. The molecule has 1 heterocycles. The highest BCUT2D eigenvalue weighted by molar-refractivity contribution is 5.89. The number of halogens is 3. The smallest absolute Gasteiger partial charge is 0.368 e. The maximum atomic E-state index is 12.9. The molecule has 0 aliphatic heterocycles. The Bertz CT molecular complexity index is 700. The summed E-state index contributed by atoms with van der Waals surface area (Å²) in [6, 6.07) is 4.94. The van der Waals surface area contributed by atoms with Gasteiger partial charge in [0, 0.05) is 25.4 Å². The quantitative estimate of drug-likeness (QED) is 0.851. The lowest BCUT2D eigenvalue weighted by molar-refractivity contribution is -0.144. The second kappa shape index (κ2) is 6.17. The Kier molecular flexibility index (Phi) is 4.48. The van der Waals surface area contributed by atoms with Gasteiger partial charge in [-0.2, -0.15) is 13.2 Å². The molecule has 2 N–H and O–H groups in total. The lowest BCUT2D eigenvalue weighted by Crippen LogP contribution is -2.26. The number of carbonyl (C=O) groups excluding carboxylic acids is 1. The fourth-order valence-electron chi connectivity index (χ4n) is 1.92. The number of anilines is 1. The van der Waals surface area contributed by atoms with E-state index in [1.807, 2.05) is 6.92 Å². The number of aromatic nitrogens is 2. The first-order valence-electron chi connectivity index (χ1n) is 6.61. The Hall–Kier alpha value is -2.38. The van der Waals surface area contributed by atoms with Crippen molar-refractivity contribution in [3.05, 3.63) is 29.6 Å². The minimum absolute atomic E-state index is 0.103. The van der Waals surface area contributed by atoms with E-state index in [9.17, 15) is 18.0 Å². The second-order valence-electron chi connectivity index (χ2n) is 4.82. The lowest BCUT2D eigenvalue weighted by Gasteiger charge is -2.13. The first kappa shape index (κ1) is 16.0. The van der Waals surface area contributed by atoms with Gasteiger partial charge in [-0.05, 0) is 19.1 Å². The van der Waals surface area contributed by atoms with Crippen molar-refractivity contribution < 1.29 is 18.0 Å². The topological polar surface area (TPSA) is 66.9 Å². The predicted molar refractivity (Wildman–Crippen MR) is 76.5 cm³/mol. The van der Waals surface area contributed by atoms with Crippen LogP contribution in [0.4, 0.5) is 19.0 Å². The lowest BCUT2D eigenvalue weighted by atomic mass is 10.1. The van der Waals surface area contributed by atoms with Crippen LogP contribution < -0.4 is 10.6 Å². The van der Waals surface area contributed by atoms with Crippen molar-refractivity contribution in [1.82, 2.24) is 15.3 Å². The molecular formula is C14H15F3N4O. The summed E-state index contributed by atoms with van der Waals surface area (Å²) in [6.07, 6.45) is -4.62. The fraction of sp³-hybridized carbons (Fsp3) is 0.357. The number of nitrogens with one attached hydrogen (secondary N) is 2. The van der Waals surface area contributed by atoms with Gasteiger partial charge >= 0.3 is 6.18 Å². The molecule has 0 bridgehead atoms. The van der Waals surface area contributed by atoms with Crippen molar-refractivity contribution >= 4 is 22.6 Å². The van der Waals surface area contributed by atoms with Crippen LogP contribution >= 0.6 is 0 Å². The monoisotopic (exact) mass is 312 g/mol. The average Bonchev–Trinajstić information content (AvgIpc) is 2.42. The molecule has 22 heavy (non-hydrogen) atoms. The number of fused-ring (bicyclic) bond motifs is 1. The van der Waals surface area contributed by atoms with Gasteiger partial charge in [-0.15, -0.1) is 0 Å². The molecule has 0 atom stereocenters. The van der Waals surface area contributed by atoms with Crippen LogP contribution in [0.3, 0.4) is 0 Å². The van der Waals surface area contributed by atoms with Crippen LogP contribution in [-0.4, -0.2) is 29.0 Å². The summed E-state index contributed by atoms with van der Waals surface area (Å²) >= 11 is 0. The van der Waals surface area contributed by atoms with Gasteiger partial charge in [0.25, 0.3) is 0 Å². The van der Waals surface area contributed by atoms with Gasteiger partial charge in [0.15, 0.2) is 0 Å². The summed E-state index contributed by atoms with van der Waals surface area (Å²) in [6.45, 7) is 3.74. The van der Waals surface area contributed by atoms with Crippen LogP contribution in [0.2, 0.25) is 0 Å². The van der Waals surface area contributed by atoms with Gasteiger partial charge in [0.2, 0.25) is 11.7 Å². The van der Waals surface area contributed by atoms with Crippen molar-refractivity contribution in [3.63, 3.8) is 0 Å². The number of hydrogen-bond acceptors (Lipinski definition) is 4. The third kappa shape index (κ3) is 3.84. The van der Waals surface area contributed by atoms with Gasteiger partial charge in [0.1, 0.15) is 5.82 Å². The molecule has 0 unspecified atom stereocenters. The van der Waals surface area contributed by atoms with E-state index in [1.54, 1.807) is 12.1 Å². The van der Waals surface area contributed by atoms with Crippen LogP contribution in [0, 0.1) is 6.92 Å². The molecule has 2 rings (SSSR count). The Morgan fingerprint density at radius 3 is 2.59 bits per heavy atom. The maximum absolute atomic E-state index is 12.9. The average molecular weight is 312 g/mol. The highest BCUT2D eigenvalue weighted by atomic mass is 19.4. The molecule has 1 aromatic carbocycles. The third-order valence-corrected chi connectivity index (χ3v) is 2.90. The molecule has 118 valence electrons. The number of nitrogens with zero attached hydrogens (tertiary/aromatic N) is 2. The number of rotatable bonds is 4. The number of carbonyl (C=O) groups is 1. The van der Waals surface area contributed by atoms with Crippen molar-refractivity contribution in [2.75, 3.05) is 18.4 Å². The SMILES string of the molecule is CC(=O)NCCNc1nc(C(F)(F)F)nc2ccc(C)cc12. The van der Waals surface area contributed by atoms with E-state index in [1.165, 1.54) is 13.0 Å².